The quantitative estimate of drug-likeness (QED) is 0.892. The van der Waals surface area contributed by atoms with Crippen molar-refractivity contribution in [3.63, 3.8) is 0 Å². The van der Waals surface area contributed by atoms with Gasteiger partial charge in [0.2, 0.25) is 5.91 Å². The Morgan fingerprint density at radius 1 is 1.47 bits per heavy atom. The minimum absolute atomic E-state index is 0.200. The van der Waals surface area contributed by atoms with Crippen molar-refractivity contribution in [1.82, 2.24) is 5.32 Å². The Balaban J connectivity index is 2.75. The summed E-state index contributed by atoms with van der Waals surface area (Å²) in [6, 6.07) is 4.79. The van der Waals surface area contributed by atoms with Crippen molar-refractivity contribution in [1.29, 1.82) is 0 Å². The number of rotatable bonds is 4. The highest BCUT2D eigenvalue weighted by Gasteiger charge is 2.27. The Kier molecular flexibility index (Phi) is 5.20. The van der Waals surface area contributed by atoms with Crippen LogP contribution >= 0.6 is 11.6 Å². The first-order valence-corrected chi connectivity index (χ1v) is 6.50. The molecule has 0 saturated heterocycles. The number of nitrogens with two attached hydrogens (primary N) is 1. The van der Waals surface area contributed by atoms with Gasteiger partial charge in [-0.25, -0.2) is 0 Å². The maximum absolute atomic E-state index is 12.0. The standard InChI is InChI=1S/C14H21ClN2O2/c1-14(2,3)12(16)13(18)17-8-9-10(15)6-5-7-11(9)19-4/h5-7,12H,8,16H2,1-4H3,(H,17,18)/t12-/m1/s1. The summed E-state index contributed by atoms with van der Waals surface area (Å²) < 4.78 is 5.22. The number of carbonyl (C=O) groups excluding carboxylic acids is 1. The Morgan fingerprint density at radius 3 is 2.63 bits per heavy atom. The summed E-state index contributed by atoms with van der Waals surface area (Å²) in [5.74, 6) is 0.451. The zero-order valence-corrected chi connectivity index (χ0v) is 12.5. The molecule has 0 aliphatic heterocycles. The molecule has 5 heteroatoms. The third-order valence-electron chi connectivity index (χ3n) is 2.95. The van der Waals surface area contributed by atoms with Crippen LogP contribution in [-0.4, -0.2) is 19.1 Å². The van der Waals surface area contributed by atoms with Crippen molar-refractivity contribution in [2.24, 2.45) is 11.1 Å². The summed E-state index contributed by atoms with van der Waals surface area (Å²) in [4.78, 5) is 12.0. The molecular formula is C14H21ClN2O2. The van der Waals surface area contributed by atoms with Crippen molar-refractivity contribution >= 4 is 17.5 Å². The second-order valence-electron chi connectivity index (χ2n) is 5.48. The maximum atomic E-state index is 12.0. The lowest BCUT2D eigenvalue weighted by molar-refractivity contribution is -0.124. The minimum atomic E-state index is -0.569. The van der Waals surface area contributed by atoms with Crippen LogP contribution in [0.2, 0.25) is 5.02 Å². The van der Waals surface area contributed by atoms with E-state index >= 15 is 0 Å². The van der Waals surface area contributed by atoms with Crippen molar-refractivity contribution in [2.45, 2.75) is 33.4 Å². The molecule has 0 aromatic heterocycles. The molecule has 0 bridgehead atoms. The highest BCUT2D eigenvalue weighted by molar-refractivity contribution is 6.31. The molecule has 1 rings (SSSR count). The first-order valence-electron chi connectivity index (χ1n) is 6.12. The summed E-state index contributed by atoms with van der Waals surface area (Å²) in [6.45, 7) is 6.07. The van der Waals surface area contributed by atoms with Gasteiger partial charge in [0.1, 0.15) is 5.75 Å². The predicted molar refractivity (Wildman–Crippen MR) is 77.3 cm³/mol. The molecule has 0 saturated carbocycles. The Hall–Kier alpha value is -1.26. The number of ether oxygens (including phenoxy) is 1. The molecule has 0 heterocycles. The molecule has 1 atom stereocenters. The van der Waals surface area contributed by atoms with Crippen molar-refractivity contribution < 1.29 is 9.53 Å². The number of nitrogens with one attached hydrogen (secondary N) is 1. The Bertz CT molecular complexity index is 455. The molecule has 0 fully saturated rings. The van der Waals surface area contributed by atoms with Crippen LogP contribution in [0.5, 0.6) is 5.75 Å². The number of methoxy groups -OCH3 is 1. The molecule has 1 aromatic rings. The second-order valence-corrected chi connectivity index (χ2v) is 5.89. The fraction of sp³-hybridized carbons (Fsp3) is 0.500. The van der Waals surface area contributed by atoms with Gasteiger partial charge in [0.15, 0.2) is 0 Å². The van der Waals surface area contributed by atoms with Crippen LogP contribution in [0.4, 0.5) is 0 Å². The van der Waals surface area contributed by atoms with Crippen LogP contribution in [0, 0.1) is 5.41 Å². The van der Waals surface area contributed by atoms with Crippen molar-refractivity contribution in [3.8, 4) is 5.75 Å². The van der Waals surface area contributed by atoms with Gasteiger partial charge in [0.05, 0.1) is 13.2 Å². The molecular weight excluding hydrogens is 264 g/mol. The average molecular weight is 285 g/mol. The van der Waals surface area contributed by atoms with Gasteiger partial charge in [-0.05, 0) is 17.5 Å². The van der Waals surface area contributed by atoms with E-state index in [0.29, 0.717) is 17.3 Å². The number of carbonyl (C=O) groups is 1. The number of hydrogen-bond donors (Lipinski definition) is 2. The van der Waals surface area contributed by atoms with E-state index in [-0.39, 0.29) is 11.3 Å². The first kappa shape index (κ1) is 15.8. The van der Waals surface area contributed by atoms with Crippen LogP contribution in [0.15, 0.2) is 18.2 Å². The molecule has 0 aliphatic rings. The third-order valence-corrected chi connectivity index (χ3v) is 3.30. The maximum Gasteiger partial charge on any atom is 0.237 e. The smallest absolute Gasteiger partial charge is 0.237 e. The molecule has 1 aromatic carbocycles. The van der Waals surface area contributed by atoms with Gasteiger partial charge in [-0.2, -0.15) is 0 Å². The van der Waals surface area contributed by atoms with E-state index in [2.05, 4.69) is 5.32 Å². The van der Waals surface area contributed by atoms with Crippen molar-refractivity contribution in [3.05, 3.63) is 28.8 Å². The van der Waals surface area contributed by atoms with Gasteiger partial charge >= 0.3 is 0 Å². The zero-order valence-electron chi connectivity index (χ0n) is 11.8. The van der Waals surface area contributed by atoms with Crippen LogP contribution < -0.4 is 15.8 Å². The highest BCUT2D eigenvalue weighted by Crippen LogP contribution is 2.26. The summed E-state index contributed by atoms with van der Waals surface area (Å²) >= 11 is 6.10. The molecule has 0 unspecified atom stereocenters. The second kappa shape index (κ2) is 6.26. The fourth-order valence-electron chi connectivity index (χ4n) is 1.58. The number of benzene rings is 1. The monoisotopic (exact) mass is 284 g/mol. The lowest BCUT2D eigenvalue weighted by atomic mass is 9.87. The SMILES string of the molecule is COc1cccc(Cl)c1CNC(=O)[C@@H](N)C(C)(C)C. The molecule has 19 heavy (non-hydrogen) atoms. The molecule has 4 nitrogen and oxygen atoms in total. The minimum Gasteiger partial charge on any atom is -0.496 e. The van der Waals surface area contributed by atoms with E-state index < -0.39 is 6.04 Å². The van der Waals surface area contributed by atoms with E-state index in [1.54, 1.807) is 25.3 Å². The van der Waals surface area contributed by atoms with E-state index in [1.165, 1.54) is 0 Å². The predicted octanol–water partition coefficient (Wildman–Crippen LogP) is 2.34. The summed E-state index contributed by atoms with van der Waals surface area (Å²) in [7, 11) is 1.57. The van der Waals surface area contributed by atoms with Gasteiger partial charge in [-0.15, -0.1) is 0 Å². The molecule has 1 amide bonds. The zero-order chi connectivity index (χ0) is 14.6. The fourth-order valence-corrected chi connectivity index (χ4v) is 1.81. The van der Waals surface area contributed by atoms with Gasteiger partial charge in [-0.1, -0.05) is 38.4 Å². The van der Waals surface area contributed by atoms with Gasteiger partial charge in [0, 0.05) is 17.1 Å². The Labute approximate surface area is 119 Å². The van der Waals surface area contributed by atoms with Gasteiger partial charge in [-0.3, -0.25) is 4.79 Å². The molecule has 106 valence electrons. The average Bonchev–Trinajstić information content (AvgIpc) is 2.34. The Morgan fingerprint density at radius 2 is 2.11 bits per heavy atom. The topological polar surface area (TPSA) is 64.3 Å². The molecule has 0 aliphatic carbocycles. The van der Waals surface area contributed by atoms with Crippen LogP contribution in [0.1, 0.15) is 26.3 Å². The normalized spacial score (nSPS) is 12.9. The summed E-state index contributed by atoms with van der Waals surface area (Å²) in [5.41, 5.74) is 6.36. The van der Waals surface area contributed by atoms with Crippen LogP contribution in [0.25, 0.3) is 0 Å². The van der Waals surface area contributed by atoms with Gasteiger partial charge < -0.3 is 15.8 Å². The summed E-state index contributed by atoms with van der Waals surface area (Å²) in [5, 5.41) is 3.35. The van der Waals surface area contributed by atoms with Crippen LogP contribution in [0.3, 0.4) is 0 Å². The van der Waals surface area contributed by atoms with E-state index in [9.17, 15) is 4.79 Å². The van der Waals surface area contributed by atoms with E-state index in [4.69, 9.17) is 22.1 Å². The third kappa shape index (κ3) is 4.11. The largest absolute Gasteiger partial charge is 0.496 e. The number of amides is 1. The number of halogens is 1. The lowest BCUT2D eigenvalue weighted by Gasteiger charge is -2.26. The molecule has 3 N–H and O–H groups in total. The van der Waals surface area contributed by atoms with Crippen molar-refractivity contribution in [2.75, 3.05) is 7.11 Å². The van der Waals surface area contributed by atoms with E-state index in [0.717, 1.165) is 5.56 Å². The first-order chi connectivity index (χ1) is 8.77. The van der Waals surface area contributed by atoms with Crippen LogP contribution in [-0.2, 0) is 11.3 Å². The lowest BCUT2D eigenvalue weighted by Crippen LogP contribution is -2.48. The number of hydrogen-bond acceptors (Lipinski definition) is 3. The summed E-state index contributed by atoms with van der Waals surface area (Å²) in [6.07, 6.45) is 0. The van der Waals surface area contributed by atoms with Gasteiger partial charge in [0.25, 0.3) is 0 Å². The molecule has 0 radical (unpaired) electrons. The highest BCUT2D eigenvalue weighted by atomic mass is 35.5. The van der Waals surface area contributed by atoms with E-state index in [1.807, 2.05) is 20.8 Å². The molecule has 0 spiro atoms.